The first-order chi connectivity index (χ1) is 7.57. The topological polar surface area (TPSA) is 12.9 Å². The maximum absolute atomic E-state index is 4.89. The summed E-state index contributed by atoms with van der Waals surface area (Å²) >= 11 is 0. The lowest BCUT2D eigenvalue weighted by atomic mass is 9.89. The van der Waals surface area contributed by atoms with Gasteiger partial charge in [0.1, 0.15) is 0 Å². The van der Waals surface area contributed by atoms with E-state index in [1.165, 1.54) is 55.5 Å². The highest BCUT2D eigenvalue weighted by atomic mass is 14.7. The fraction of sp³-hybridized carbons (Fsp3) is 0.667. The summed E-state index contributed by atoms with van der Waals surface area (Å²) < 4.78 is 0. The number of pyridine rings is 1. The molecule has 0 unspecified atom stereocenters. The van der Waals surface area contributed by atoms with Crippen LogP contribution in [0.15, 0.2) is 12.1 Å². The Kier molecular flexibility index (Phi) is 3.32. The largest absolute Gasteiger partial charge is 0.257 e. The van der Waals surface area contributed by atoms with E-state index in [9.17, 15) is 0 Å². The molecular weight excluding hydrogens is 194 g/mol. The van der Waals surface area contributed by atoms with E-state index in [-0.39, 0.29) is 5.41 Å². The Morgan fingerprint density at radius 1 is 0.938 bits per heavy atom. The second-order valence-corrected chi connectivity index (χ2v) is 5.97. The van der Waals surface area contributed by atoms with Crippen LogP contribution < -0.4 is 0 Å². The highest BCUT2D eigenvalue weighted by Crippen LogP contribution is 2.24. The Bertz CT molecular complexity index is 360. The minimum absolute atomic E-state index is 0.178. The van der Waals surface area contributed by atoms with Crippen molar-refractivity contribution < 1.29 is 0 Å². The lowest BCUT2D eigenvalue weighted by molar-refractivity contribution is 0.555. The molecular formula is C15H23N. The lowest BCUT2D eigenvalue weighted by Crippen LogP contribution is -2.16. The molecule has 0 aliphatic heterocycles. The van der Waals surface area contributed by atoms with Gasteiger partial charge in [-0.3, -0.25) is 4.98 Å². The quantitative estimate of drug-likeness (QED) is 0.639. The molecule has 1 heteroatoms. The number of aryl methyl sites for hydroxylation is 2. The number of fused-ring (bicyclic) bond motifs is 1. The van der Waals surface area contributed by atoms with Gasteiger partial charge >= 0.3 is 0 Å². The number of hydrogen-bond acceptors (Lipinski definition) is 1. The summed E-state index contributed by atoms with van der Waals surface area (Å²) in [6, 6.07) is 4.54. The molecule has 0 amide bonds. The summed E-state index contributed by atoms with van der Waals surface area (Å²) in [6.45, 7) is 6.72. The van der Waals surface area contributed by atoms with Crippen molar-refractivity contribution in [1.29, 1.82) is 0 Å². The predicted molar refractivity (Wildman–Crippen MR) is 68.8 cm³/mol. The van der Waals surface area contributed by atoms with E-state index in [0.29, 0.717) is 0 Å². The number of aromatic nitrogens is 1. The molecule has 88 valence electrons. The Balaban J connectivity index is 2.32. The van der Waals surface area contributed by atoms with Gasteiger partial charge in [0, 0.05) is 16.8 Å². The number of hydrogen-bond donors (Lipinski definition) is 0. The zero-order valence-corrected chi connectivity index (χ0v) is 10.8. The normalized spacial score (nSPS) is 17.4. The first-order valence-corrected chi connectivity index (χ1v) is 6.57. The van der Waals surface area contributed by atoms with Crippen LogP contribution in [0, 0.1) is 0 Å². The van der Waals surface area contributed by atoms with Crippen molar-refractivity contribution in [2.75, 3.05) is 0 Å². The van der Waals surface area contributed by atoms with Gasteiger partial charge in [0.05, 0.1) is 0 Å². The molecule has 1 nitrogen and oxygen atoms in total. The van der Waals surface area contributed by atoms with Crippen LogP contribution in [0.2, 0.25) is 0 Å². The molecule has 0 aromatic carbocycles. The molecule has 0 saturated carbocycles. The van der Waals surface area contributed by atoms with Crippen molar-refractivity contribution >= 4 is 0 Å². The van der Waals surface area contributed by atoms with E-state index in [1.807, 2.05) is 0 Å². The van der Waals surface area contributed by atoms with Crippen LogP contribution in [0.1, 0.15) is 63.4 Å². The third kappa shape index (κ3) is 2.63. The van der Waals surface area contributed by atoms with Crippen LogP contribution in [0.3, 0.4) is 0 Å². The van der Waals surface area contributed by atoms with Crippen LogP contribution in [-0.4, -0.2) is 4.98 Å². The zero-order chi connectivity index (χ0) is 11.6. The molecule has 1 aromatic rings. The maximum atomic E-state index is 4.89. The Morgan fingerprint density at radius 3 is 2.31 bits per heavy atom. The van der Waals surface area contributed by atoms with Gasteiger partial charge in [-0.05, 0) is 37.3 Å². The first-order valence-electron chi connectivity index (χ1n) is 6.57. The highest BCUT2D eigenvalue weighted by Gasteiger charge is 2.17. The fourth-order valence-electron chi connectivity index (χ4n) is 2.35. The Hall–Kier alpha value is -0.850. The molecule has 0 N–H and O–H groups in total. The van der Waals surface area contributed by atoms with Crippen LogP contribution >= 0.6 is 0 Å². The van der Waals surface area contributed by atoms with E-state index in [0.717, 1.165) is 0 Å². The third-order valence-corrected chi connectivity index (χ3v) is 3.45. The summed E-state index contributed by atoms with van der Waals surface area (Å²) in [5.74, 6) is 0. The predicted octanol–water partition coefficient (Wildman–Crippen LogP) is 4.04. The zero-order valence-electron chi connectivity index (χ0n) is 10.8. The van der Waals surface area contributed by atoms with Crippen LogP contribution in [0.5, 0.6) is 0 Å². The van der Waals surface area contributed by atoms with Crippen molar-refractivity contribution in [3.63, 3.8) is 0 Å². The minimum Gasteiger partial charge on any atom is -0.257 e. The van der Waals surface area contributed by atoms with Crippen molar-refractivity contribution in [2.45, 2.75) is 64.7 Å². The molecule has 2 rings (SSSR count). The summed E-state index contributed by atoms with van der Waals surface area (Å²) in [5.41, 5.74) is 4.28. The van der Waals surface area contributed by atoms with Gasteiger partial charge in [-0.15, -0.1) is 0 Å². The molecule has 0 radical (unpaired) electrons. The molecule has 1 aliphatic carbocycles. The molecule has 1 heterocycles. The first kappa shape index (κ1) is 11.6. The fourth-order valence-corrected chi connectivity index (χ4v) is 2.35. The molecule has 0 bridgehead atoms. The molecule has 0 fully saturated rings. The van der Waals surface area contributed by atoms with E-state index < -0.39 is 0 Å². The van der Waals surface area contributed by atoms with Gasteiger partial charge in [0.15, 0.2) is 0 Å². The second-order valence-electron chi connectivity index (χ2n) is 5.97. The minimum atomic E-state index is 0.178. The molecule has 0 spiro atoms. The van der Waals surface area contributed by atoms with Gasteiger partial charge in [0.2, 0.25) is 0 Å². The van der Waals surface area contributed by atoms with Gasteiger partial charge in [0.25, 0.3) is 0 Å². The van der Waals surface area contributed by atoms with Crippen molar-refractivity contribution in [1.82, 2.24) is 4.98 Å². The average Bonchev–Trinajstić information content (AvgIpc) is 2.16. The number of rotatable bonds is 0. The Morgan fingerprint density at radius 2 is 1.62 bits per heavy atom. The van der Waals surface area contributed by atoms with Crippen molar-refractivity contribution in [3.05, 3.63) is 29.1 Å². The van der Waals surface area contributed by atoms with Gasteiger partial charge in [-0.2, -0.15) is 0 Å². The molecule has 1 aromatic heterocycles. The van der Waals surface area contributed by atoms with Crippen molar-refractivity contribution in [2.24, 2.45) is 0 Å². The van der Waals surface area contributed by atoms with E-state index >= 15 is 0 Å². The van der Waals surface area contributed by atoms with Gasteiger partial charge < -0.3 is 0 Å². The number of nitrogens with zero attached hydrogens (tertiary/aromatic N) is 1. The van der Waals surface area contributed by atoms with E-state index in [4.69, 9.17) is 4.98 Å². The highest BCUT2D eigenvalue weighted by molar-refractivity contribution is 5.26. The van der Waals surface area contributed by atoms with Crippen LogP contribution in [-0.2, 0) is 18.3 Å². The van der Waals surface area contributed by atoms with Crippen LogP contribution in [0.4, 0.5) is 0 Å². The van der Waals surface area contributed by atoms with Crippen LogP contribution in [0.25, 0.3) is 0 Å². The summed E-state index contributed by atoms with van der Waals surface area (Å²) in [5, 5.41) is 0. The molecule has 1 aliphatic rings. The van der Waals surface area contributed by atoms with E-state index in [2.05, 4.69) is 32.9 Å². The standard InChI is InChI=1S/C15H23N/c1-15(2,3)14-11-10-12-8-6-4-5-7-9-13(12)16-14/h10-11H,4-9H2,1-3H3. The smallest absolute Gasteiger partial charge is 0.0460 e. The summed E-state index contributed by atoms with van der Waals surface area (Å²) in [6.07, 6.45) is 7.82. The second kappa shape index (κ2) is 4.57. The average molecular weight is 217 g/mol. The monoisotopic (exact) mass is 217 g/mol. The molecule has 0 saturated heterocycles. The van der Waals surface area contributed by atoms with Gasteiger partial charge in [-0.1, -0.05) is 39.7 Å². The molecule has 16 heavy (non-hydrogen) atoms. The lowest BCUT2D eigenvalue weighted by Gasteiger charge is -2.21. The maximum Gasteiger partial charge on any atom is 0.0460 e. The molecule has 0 atom stereocenters. The summed E-state index contributed by atoms with van der Waals surface area (Å²) in [7, 11) is 0. The van der Waals surface area contributed by atoms with Crippen molar-refractivity contribution in [3.8, 4) is 0 Å². The van der Waals surface area contributed by atoms with E-state index in [1.54, 1.807) is 0 Å². The Labute approximate surface area is 99.3 Å². The third-order valence-electron chi connectivity index (χ3n) is 3.45. The summed E-state index contributed by atoms with van der Waals surface area (Å²) in [4.78, 5) is 4.89. The SMILES string of the molecule is CC(C)(C)c1ccc2c(n1)CCCCCC2. The van der Waals surface area contributed by atoms with Gasteiger partial charge in [-0.25, -0.2) is 0 Å².